The van der Waals surface area contributed by atoms with Crippen molar-refractivity contribution in [2.45, 2.75) is 258 Å². The lowest BCUT2D eigenvalue weighted by Crippen LogP contribution is -2.30. The minimum absolute atomic E-state index is 0.101. The van der Waals surface area contributed by atoms with Crippen LogP contribution in [0.25, 0.3) is 0 Å². The molecule has 0 aliphatic carbocycles. The van der Waals surface area contributed by atoms with Gasteiger partial charge in [-0.3, -0.25) is 14.4 Å². The molecule has 0 aromatic carbocycles. The smallest absolute Gasteiger partial charge is 0.306 e. The van der Waals surface area contributed by atoms with Crippen LogP contribution >= 0.6 is 0 Å². The molecule has 0 rings (SSSR count). The molecular weight excluding hydrogens is 925 g/mol. The van der Waals surface area contributed by atoms with Crippen molar-refractivity contribution < 1.29 is 28.6 Å². The van der Waals surface area contributed by atoms with E-state index < -0.39 is 6.10 Å². The van der Waals surface area contributed by atoms with E-state index in [0.717, 1.165) is 154 Å². The highest BCUT2D eigenvalue weighted by atomic mass is 16.6. The van der Waals surface area contributed by atoms with E-state index in [1.54, 1.807) is 0 Å². The Hall–Kier alpha value is -4.71. The quantitative estimate of drug-likeness (QED) is 0.0261. The molecule has 0 aliphatic heterocycles. The van der Waals surface area contributed by atoms with Crippen molar-refractivity contribution in [3.05, 3.63) is 146 Å². The minimum Gasteiger partial charge on any atom is -0.462 e. The third-order valence-corrected chi connectivity index (χ3v) is 12.3. The Labute approximate surface area is 461 Å². The van der Waals surface area contributed by atoms with Crippen molar-refractivity contribution in [1.29, 1.82) is 0 Å². The Balaban J connectivity index is 4.38. The standard InChI is InChI=1S/C69H110O6/c1-4-7-10-13-16-19-22-25-27-29-30-31-32-33-34-35-36-37-38-40-41-44-47-50-53-56-59-62-68(71)74-65-66(64-73-67(70)61-58-55-52-49-46-43-24-21-18-15-12-9-6-3)75-69(72)63-60-57-54-51-48-45-42-39-28-26-23-20-17-14-11-8-5-2/h7-12,16-21,25-28,30-31,33-34,36-37,43,46,66H,4-6,13-15,22-24,29,32,35,38-42,44-45,47-65H2,1-3H3/b10-7-,11-8-,12-9-,19-16-,20-17-,21-18-,27-25-,28-26-,31-30-,34-33-,37-36-,46-43-. The Morgan fingerprint density at radius 3 is 0.760 bits per heavy atom. The van der Waals surface area contributed by atoms with Gasteiger partial charge < -0.3 is 14.2 Å². The third-order valence-electron chi connectivity index (χ3n) is 12.3. The van der Waals surface area contributed by atoms with Gasteiger partial charge in [0.1, 0.15) is 13.2 Å². The van der Waals surface area contributed by atoms with E-state index in [1.807, 2.05) is 0 Å². The first-order valence-corrected chi connectivity index (χ1v) is 30.3. The fourth-order valence-electron chi connectivity index (χ4n) is 7.89. The molecule has 6 nitrogen and oxygen atoms in total. The highest BCUT2D eigenvalue weighted by molar-refractivity contribution is 5.71. The van der Waals surface area contributed by atoms with Crippen LogP contribution in [0.15, 0.2) is 146 Å². The summed E-state index contributed by atoms with van der Waals surface area (Å²) in [5.41, 5.74) is 0. The van der Waals surface area contributed by atoms with Gasteiger partial charge in [-0.15, -0.1) is 0 Å². The largest absolute Gasteiger partial charge is 0.462 e. The normalized spacial score (nSPS) is 13.2. The predicted octanol–water partition coefficient (Wildman–Crippen LogP) is 20.8. The Morgan fingerprint density at radius 1 is 0.267 bits per heavy atom. The van der Waals surface area contributed by atoms with Crippen LogP contribution in [0.2, 0.25) is 0 Å². The lowest BCUT2D eigenvalue weighted by Gasteiger charge is -2.18. The number of carbonyl (C=O) groups excluding carboxylic acids is 3. The summed E-state index contributed by atoms with van der Waals surface area (Å²) in [6, 6.07) is 0. The van der Waals surface area contributed by atoms with Crippen molar-refractivity contribution >= 4 is 17.9 Å². The summed E-state index contributed by atoms with van der Waals surface area (Å²) in [6.45, 7) is 6.25. The van der Waals surface area contributed by atoms with Crippen molar-refractivity contribution in [2.24, 2.45) is 0 Å². The monoisotopic (exact) mass is 1030 g/mol. The fraction of sp³-hybridized carbons (Fsp3) is 0.609. The Morgan fingerprint density at radius 2 is 0.480 bits per heavy atom. The molecule has 0 aromatic heterocycles. The minimum atomic E-state index is -0.806. The highest BCUT2D eigenvalue weighted by Crippen LogP contribution is 2.14. The van der Waals surface area contributed by atoms with E-state index in [1.165, 1.54) is 57.8 Å². The lowest BCUT2D eigenvalue weighted by atomic mass is 10.1. The highest BCUT2D eigenvalue weighted by Gasteiger charge is 2.19. The SMILES string of the molecule is CC/C=C\C/C=C\C/C=C\C/C=C\C/C=C\C/C=C\CCCCCCCCCCC(=O)OCC(COC(=O)CCCCC/C=C\C/C=C\C/C=C\CC)OC(=O)CCCCCCCCC/C=C\C/C=C\C/C=C\CC. The molecule has 0 aromatic rings. The second-order valence-corrected chi connectivity index (χ2v) is 19.5. The zero-order valence-electron chi connectivity index (χ0n) is 48.3. The molecule has 1 atom stereocenters. The van der Waals surface area contributed by atoms with E-state index in [9.17, 15) is 14.4 Å². The predicted molar refractivity (Wildman–Crippen MR) is 325 cm³/mol. The van der Waals surface area contributed by atoms with Crippen molar-refractivity contribution in [1.82, 2.24) is 0 Å². The Kier molecular flexibility index (Phi) is 58.0. The molecule has 0 fully saturated rings. The van der Waals surface area contributed by atoms with Crippen LogP contribution in [0, 0.1) is 0 Å². The maximum absolute atomic E-state index is 12.9. The van der Waals surface area contributed by atoms with Gasteiger partial charge in [0.05, 0.1) is 0 Å². The van der Waals surface area contributed by atoms with Gasteiger partial charge in [-0.2, -0.15) is 0 Å². The van der Waals surface area contributed by atoms with Gasteiger partial charge in [-0.25, -0.2) is 0 Å². The summed E-state index contributed by atoms with van der Waals surface area (Å²) in [7, 11) is 0. The van der Waals surface area contributed by atoms with Crippen LogP contribution < -0.4 is 0 Å². The number of esters is 3. The van der Waals surface area contributed by atoms with Gasteiger partial charge in [0.2, 0.25) is 0 Å². The Bertz CT molecular complexity index is 1660. The summed E-state index contributed by atoms with van der Waals surface area (Å²) in [4.78, 5) is 38.2. The van der Waals surface area contributed by atoms with Crippen LogP contribution in [0.4, 0.5) is 0 Å². The molecule has 0 spiro atoms. The van der Waals surface area contributed by atoms with Crippen LogP contribution in [0.3, 0.4) is 0 Å². The molecule has 0 saturated heterocycles. The van der Waals surface area contributed by atoms with Crippen molar-refractivity contribution in [3.63, 3.8) is 0 Å². The van der Waals surface area contributed by atoms with E-state index in [-0.39, 0.29) is 31.1 Å². The second kappa shape index (κ2) is 61.8. The van der Waals surface area contributed by atoms with E-state index in [0.29, 0.717) is 19.3 Å². The van der Waals surface area contributed by atoms with Crippen LogP contribution in [-0.4, -0.2) is 37.2 Å². The molecule has 1 unspecified atom stereocenters. The molecular formula is C69H110O6. The van der Waals surface area contributed by atoms with Gasteiger partial charge in [0.25, 0.3) is 0 Å². The first-order valence-electron chi connectivity index (χ1n) is 30.3. The average molecular weight is 1040 g/mol. The summed E-state index contributed by atoms with van der Waals surface area (Å²) in [6.07, 6.45) is 88.5. The summed E-state index contributed by atoms with van der Waals surface area (Å²) in [5.74, 6) is -0.953. The van der Waals surface area contributed by atoms with E-state index in [2.05, 4.69) is 167 Å². The first kappa shape index (κ1) is 70.3. The maximum Gasteiger partial charge on any atom is 0.306 e. The molecule has 0 amide bonds. The van der Waals surface area contributed by atoms with Crippen molar-refractivity contribution in [2.75, 3.05) is 13.2 Å². The zero-order chi connectivity index (χ0) is 54.3. The molecule has 6 heteroatoms. The number of ether oxygens (including phenoxy) is 3. The first-order chi connectivity index (χ1) is 37.0. The molecule has 0 saturated carbocycles. The number of unbranched alkanes of at least 4 members (excludes halogenated alkanes) is 18. The summed E-state index contributed by atoms with van der Waals surface area (Å²) < 4.78 is 16.8. The van der Waals surface area contributed by atoms with E-state index in [4.69, 9.17) is 14.2 Å². The lowest BCUT2D eigenvalue weighted by molar-refractivity contribution is -0.167. The van der Waals surface area contributed by atoms with E-state index >= 15 is 0 Å². The van der Waals surface area contributed by atoms with Gasteiger partial charge in [-0.1, -0.05) is 244 Å². The van der Waals surface area contributed by atoms with Crippen LogP contribution in [0.5, 0.6) is 0 Å². The van der Waals surface area contributed by atoms with Crippen LogP contribution in [-0.2, 0) is 28.6 Å². The molecule has 0 radical (unpaired) electrons. The molecule has 0 bridgehead atoms. The molecule has 0 heterocycles. The van der Waals surface area contributed by atoms with Gasteiger partial charge in [0, 0.05) is 19.3 Å². The fourth-order valence-corrected chi connectivity index (χ4v) is 7.89. The van der Waals surface area contributed by atoms with Gasteiger partial charge >= 0.3 is 17.9 Å². The number of hydrogen-bond acceptors (Lipinski definition) is 6. The molecule has 0 N–H and O–H groups in total. The number of carbonyl (C=O) groups is 3. The number of allylic oxidation sites excluding steroid dienone is 24. The molecule has 0 aliphatic rings. The third kappa shape index (κ3) is 60.0. The number of rotatable bonds is 53. The van der Waals surface area contributed by atoms with Gasteiger partial charge in [-0.05, 0) is 135 Å². The number of hydrogen-bond donors (Lipinski definition) is 0. The summed E-state index contributed by atoms with van der Waals surface area (Å²) in [5, 5.41) is 0. The zero-order valence-corrected chi connectivity index (χ0v) is 48.3. The second-order valence-electron chi connectivity index (χ2n) is 19.5. The average Bonchev–Trinajstić information content (AvgIpc) is 3.41. The van der Waals surface area contributed by atoms with Gasteiger partial charge in [0.15, 0.2) is 6.10 Å². The summed E-state index contributed by atoms with van der Waals surface area (Å²) >= 11 is 0. The maximum atomic E-state index is 12.9. The van der Waals surface area contributed by atoms with Crippen LogP contribution in [0.1, 0.15) is 252 Å². The van der Waals surface area contributed by atoms with Crippen molar-refractivity contribution in [3.8, 4) is 0 Å². The molecule has 422 valence electrons. The topological polar surface area (TPSA) is 78.9 Å². The molecule has 75 heavy (non-hydrogen) atoms.